The number of para-hydroxylation sites is 1. The van der Waals surface area contributed by atoms with Gasteiger partial charge in [0.05, 0.1) is 18.8 Å². The Morgan fingerprint density at radius 1 is 1.38 bits per heavy atom. The third kappa shape index (κ3) is 4.26. The lowest BCUT2D eigenvalue weighted by Crippen LogP contribution is -2.37. The van der Waals surface area contributed by atoms with Gasteiger partial charge in [-0.05, 0) is 27.1 Å². The number of amides is 2. The number of benzene rings is 1. The molecule has 0 bridgehead atoms. The normalized spacial score (nSPS) is 12.1. The number of hydrogen-bond donors (Lipinski definition) is 2. The lowest BCUT2D eigenvalue weighted by molar-refractivity contribution is 0.242. The van der Waals surface area contributed by atoms with E-state index < -0.39 is 0 Å². The van der Waals surface area contributed by atoms with E-state index in [2.05, 4.69) is 15.7 Å². The second kappa shape index (κ2) is 7.83. The first kappa shape index (κ1) is 17.8. The predicted octanol–water partition coefficient (Wildman–Crippen LogP) is 2.16. The molecule has 0 aliphatic heterocycles. The van der Waals surface area contributed by atoms with Crippen LogP contribution in [0.15, 0.2) is 30.3 Å². The standard InChI is InChI=1S/C17H25N5O2/c1-12-10-16(22(4)20-12)19-17(23)18-11-14(21(2)3)13-8-6-7-9-15(13)24-5/h6-10,14H,11H2,1-5H3,(H2,18,19,23)/t14-/m1/s1. The smallest absolute Gasteiger partial charge is 0.320 e. The molecule has 1 aromatic heterocycles. The molecule has 0 radical (unpaired) electrons. The number of ether oxygens (including phenoxy) is 1. The fraction of sp³-hybridized carbons (Fsp3) is 0.412. The van der Waals surface area contributed by atoms with E-state index in [1.165, 1.54) is 0 Å². The minimum atomic E-state index is -0.264. The van der Waals surface area contributed by atoms with Crippen LogP contribution in [0, 0.1) is 6.92 Å². The van der Waals surface area contributed by atoms with Gasteiger partial charge in [-0.25, -0.2) is 4.79 Å². The van der Waals surface area contributed by atoms with Crippen LogP contribution >= 0.6 is 0 Å². The van der Waals surface area contributed by atoms with Gasteiger partial charge < -0.3 is 15.0 Å². The van der Waals surface area contributed by atoms with Gasteiger partial charge in [0.15, 0.2) is 0 Å². The average Bonchev–Trinajstić information content (AvgIpc) is 2.85. The Bertz CT molecular complexity index is 696. The van der Waals surface area contributed by atoms with Crippen molar-refractivity contribution in [3.63, 3.8) is 0 Å². The third-order valence-corrected chi connectivity index (χ3v) is 3.82. The van der Waals surface area contributed by atoms with Crippen molar-refractivity contribution in [3.8, 4) is 5.75 Å². The minimum Gasteiger partial charge on any atom is -0.496 e. The molecule has 1 aromatic carbocycles. The van der Waals surface area contributed by atoms with E-state index in [1.54, 1.807) is 18.8 Å². The molecule has 0 fully saturated rings. The number of urea groups is 1. The number of nitrogens with one attached hydrogen (secondary N) is 2. The van der Waals surface area contributed by atoms with E-state index >= 15 is 0 Å². The van der Waals surface area contributed by atoms with Crippen molar-refractivity contribution >= 4 is 11.8 Å². The number of rotatable bonds is 6. The number of carbonyl (C=O) groups excluding carboxylic acids is 1. The van der Waals surface area contributed by atoms with Crippen LogP contribution in [-0.2, 0) is 7.05 Å². The summed E-state index contributed by atoms with van der Waals surface area (Å²) in [6, 6.07) is 9.38. The van der Waals surface area contributed by atoms with E-state index in [1.807, 2.05) is 56.3 Å². The predicted molar refractivity (Wildman–Crippen MR) is 94.4 cm³/mol. The highest BCUT2D eigenvalue weighted by Crippen LogP contribution is 2.27. The molecule has 2 amide bonds. The summed E-state index contributed by atoms with van der Waals surface area (Å²) in [5.41, 5.74) is 1.88. The fourth-order valence-corrected chi connectivity index (χ4v) is 2.59. The van der Waals surface area contributed by atoms with Gasteiger partial charge in [0, 0.05) is 25.2 Å². The zero-order valence-corrected chi connectivity index (χ0v) is 14.8. The van der Waals surface area contributed by atoms with E-state index in [0.717, 1.165) is 17.0 Å². The van der Waals surface area contributed by atoms with Crippen LogP contribution in [0.5, 0.6) is 5.75 Å². The maximum absolute atomic E-state index is 12.2. The molecule has 1 atom stereocenters. The summed E-state index contributed by atoms with van der Waals surface area (Å²) < 4.78 is 7.07. The van der Waals surface area contributed by atoms with Gasteiger partial charge >= 0.3 is 6.03 Å². The zero-order chi connectivity index (χ0) is 17.7. The molecule has 0 unspecified atom stereocenters. The summed E-state index contributed by atoms with van der Waals surface area (Å²) in [6.07, 6.45) is 0. The number of methoxy groups -OCH3 is 1. The van der Waals surface area contributed by atoms with Crippen LogP contribution in [0.1, 0.15) is 17.3 Å². The van der Waals surface area contributed by atoms with Crippen LogP contribution < -0.4 is 15.4 Å². The molecular weight excluding hydrogens is 306 g/mol. The van der Waals surface area contributed by atoms with Crippen molar-refractivity contribution in [1.82, 2.24) is 20.0 Å². The Kier molecular flexibility index (Phi) is 5.81. The number of aromatic nitrogens is 2. The molecule has 2 N–H and O–H groups in total. The minimum absolute atomic E-state index is 0.000161. The Labute approximate surface area is 142 Å². The molecule has 0 aliphatic rings. The molecule has 7 heteroatoms. The SMILES string of the molecule is COc1ccccc1[C@@H](CNC(=O)Nc1cc(C)nn1C)N(C)C. The first-order valence-electron chi connectivity index (χ1n) is 7.77. The summed E-state index contributed by atoms with van der Waals surface area (Å²) in [6.45, 7) is 2.34. The first-order valence-corrected chi connectivity index (χ1v) is 7.77. The van der Waals surface area contributed by atoms with Crippen molar-refractivity contribution in [3.05, 3.63) is 41.6 Å². The molecule has 2 rings (SSSR count). The van der Waals surface area contributed by atoms with Gasteiger partial charge in [-0.3, -0.25) is 10.00 Å². The van der Waals surface area contributed by atoms with E-state index in [0.29, 0.717) is 12.4 Å². The lowest BCUT2D eigenvalue weighted by Gasteiger charge is -2.26. The Balaban J connectivity index is 2.03. The second-order valence-corrected chi connectivity index (χ2v) is 5.85. The topological polar surface area (TPSA) is 71.4 Å². The van der Waals surface area contributed by atoms with Gasteiger partial charge in [0.1, 0.15) is 11.6 Å². The molecule has 0 spiro atoms. The molecule has 24 heavy (non-hydrogen) atoms. The largest absolute Gasteiger partial charge is 0.496 e. The Morgan fingerprint density at radius 2 is 2.08 bits per heavy atom. The van der Waals surface area contributed by atoms with Crippen LogP contribution in [0.3, 0.4) is 0 Å². The van der Waals surface area contributed by atoms with Crippen LogP contribution in [-0.4, -0.2) is 48.5 Å². The van der Waals surface area contributed by atoms with Gasteiger partial charge in [-0.2, -0.15) is 5.10 Å². The van der Waals surface area contributed by atoms with Crippen molar-refractivity contribution in [2.24, 2.45) is 7.05 Å². The maximum atomic E-state index is 12.2. The van der Waals surface area contributed by atoms with Gasteiger partial charge in [0.25, 0.3) is 0 Å². The molecule has 0 aliphatic carbocycles. The van der Waals surface area contributed by atoms with E-state index in [9.17, 15) is 4.79 Å². The summed E-state index contributed by atoms with van der Waals surface area (Å²) >= 11 is 0. The van der Waals surface area contributed by atoms with E-state index in [-0.39, 0.29) is 12.1 Å². The van der Waals surface area contributed by atoms with Gasteiger partial charge in [-0.1, -0.05) is 18.2 Å². The number of nitrogens with zero attached hydrogens (tertiary/aromatic N) is 3. The molecule has 7 nitrogen and oxygen atoms in total. The van der Waals surface area contributed by atoms with Crippen LogP contribution in [0.4, 0.5) is 10.6 Å². The van der Waals surface area contributed by atoms with Crippen molar-refractivity contribution in [2.75, 3.05) is 33.1 Å². The molecule has 130 valence electrons. The van der Waals surface area contributed by atoms with Crippen molar-refractivity contribution in [2.45, 2.75) is 13.0 Å². The van der Waals surface area contributed by atoms with Crippen molar-refractivity contribution < 1.29 is 9.53 Å². The summed E-state index contributed by atoms with van der Waals surface area (Å²) in [5.74, 6) is 1.46. The monoisotopic (exact) mass is 331 g/mol. The highest BCUT2D eigenvalue weighted by molar-refractivity contribution is 5.88. The first-order chi connectivity index (χ1) is 11.4. The van der Waals surface area contributed by atoms with Gasteiger partial charge in [0.2, 0.25) is 0 Å². The number of aryl methyl sites for hydroxylation is 2. The highest BCUT2D eigenvalue weighted by Gasteiger charge is 2.19. The number of hydrogen-bond acceptors (Lipinski definition) is 4. The number of likely N-dealkylation sites (N-methyl/N-ethyl adjacent to an activating group) is 1. The molecule has 0 saturated heterocycles. The molecule has 1 heterocycles. The third-order valence-electron chi connectivity index (χ3n) is 3.82. The van der Waals surface area contributed by atoms with Crippen molar-refractivity contribution in [1.29, 1.82) is 0 Å². The van der Waals surface area contributed by atoms with Gasteiger partial charge in [-0.15, -0.1) is 0 Å². The number of anilines is 1. The zero-order valence-electron chi connectivity index (χ0n) is 14.8. The fourth-order valence-electron chi connectivity index (χ4n) is 2.59. The average molecular weight is 331 g/mol. The summed E-state index contributed by atoms with van der Waals surface area (Å²) in [7, 11) is 7.39. The molecular formula is C17H25N5O2. The van der Waals surface area contributed by atoms with E-state index in [4.69, 9.17) is 4.74 Å². The molecule has 0 saturated carbocycles. The van der Waals surface area contributed by atoms with Crippen LogP contribution in [0.2, 0.25) is 0 Å². The Hall–Kier alpha value is -2.54. The number of carbonyl (C=O) groups is 1. The molecule has 2 aromatic rings. The Morgan fingerprint density at radius 3 is 2.67 bits per heavy atom. The summed E-state index contributed by atoms with van der Waals surface area (Å²) in [5, 5.41) is 9.92. The summed E-state index contributed by atoms with van der Waals surface area (Å²) in [4.78, 5) is 14.2. The lowest BCUT2D eigenvalue weighted by atomic mass is 10.0. The second-order valence-electron chi connectivity index (χ2n) is 5.85. The highest BCUT2D eigenvalue weighted by atomic mass is 16.5. The maximum Gasteiger partial charge on any atom is 0.320 e. The quantitative estimate of drug-likeness (QED) is 0.851. The van der Waals surface area contributed by atoms with Crippen LogP contribution in [0.25, 0.3) is 0 Å².